The molecular formula is C24H30O5. The molecule has 5 heteroatoms. The molecule has 5 nitrogen and oxygen atoms in total. The molecule has 0 aliphatic heterocycles. The lowest BCUT2D eigenvalue weighted by molar-refractivity contribution is -0.179. The SMILES string of the molecule is C[C@]12CC[C@H]3[C@@H](CCC4=C[C@H](O)CC[C@@]43C=O)[C@@]1(O)CC[C@@H]2c1ccc(=O)oc1. The van der Waals surface area contributed by atoms with Gasteiger partial charge in [0.05, 0.1) is 23.4 Å². The van der Waals surface area contributed by atoms with Gasteiger partial charge in [-0.1, -0.05) is 18.6 Å². The van der Waals surface area contributed by atoms with Gasteiger partial charge in [-0.25, -0.2) is 4.79 Å². The van der Waals surface area contributed by atoms with Crippen LogP contribution in [0.2, 0.25) is 0 Å². The molecule has 7 atom stereocenters. The molecule has 0 radical (unpaired) electrons. The van der Waals surface area contributed by atoms with Gasteiger partial charge in [0.15, 0.2) is 0 Å². The standard InChI is InChI=1S/C24H30O5/c1-22-9-7-19-20(4-3-16-12-17(26)6-10-23(16,19)14-25)24(22,28)11-8-18(22)15-2-5-21(27)29-13-15/h2,5,12-14,17-20,26,28H,3-4,6-11H2,1H3/t17-,18-,19+,20-,22-,23-,24+/m1/s1. The number of fused-ring (bicyclic) bond motifs is 5. The van der Waals surface area contributed by atoms with Crippen molar-refractivity contribution in [3.8, 4) is 0 Å². The highest BCUT2D eigenvalue weighted by atomic mass is 16.4. The van der Waals surface area contributed by atoms with Crippen LogP contribution >= 0.6 is 0 Å². The van der Waals surface area contributed by atoms with E-state index in [0.717, 1.165) is 49.5 Å². The minimum absolute atomic E-state index is 0.0829. The predicted molar refractivity (Wildman–Crippen MR) is 107 cm³/mol. The number of aliphatic hydroxyl groups excluding tert-OH is 1. The largest absolute Gasteiger partial charge is 0.431 e. The second-order valence-corrected chi connectivity index (χ2v) is 10.1. The van der Waals surface area contributed by atoms with Crippen molar-refractivity contribution in [1.82, 2.24) is 0 Å². The molecule has 5 rings (SSSR count). The normalized spacial score (nSPS) is 46.2. The van der Waals surface area contributed by atoms with Crippen LogP contribution in [-0.4, -0.2) is 28.2 Å². The molecule has 0 saturated heterocycles. The highest BCUT2D eigenvalue weighted by Gasteiger charge is 2.67. The summed E-state index contributed by atoms with van der Waals surface area (Å²) in [7, 11) is 0. The zero-order chi connectivity index (χ0) is 20.4. The van der Waals surface area contributed by atoms with E-state index in [4.69, 9.17) is 4.42 Å². The van der Waals surface area contributed by atoms with Gasteiger partial charge in [-0.15, -0.1) is 0 Å². The molecule has 4 aliphatic rings. The number of hydrogen-bond donors (Lipinski definition) is 2. The van der Waals surface area contributed by atoms with Gasteiger partial charge in [0.25, 0.3) is 0 Å². The van der Waals surface area contributed by atoms with Crippen LogP contribution in [0.3, 0.4) is 0 Å². The van der Waals surface area contributed by atoms with Gasteiger partial charge in [-0.05, 0) is 80.8 Å². The number of aldehydes is 1. The van der Waals surface area contributed by atoms with E-state index >= 15 is 0 Å². The Morgan fingerprint density at radius 1 is 1.10 bits per heavy atom. The molecule has 0 unspecified atom stereocenters. The van der Waals surface area contributed by atoms with E-state index in [-0.39, 0.29) is 28.8 Å². The molecule has 2 N–H and O–H groups in total. The van der Waals surface area contributed by atoms with E-state index in [1.807, 2.05) is 12.1 Å². The molecule has 4 aliphatic carbocycles. The van der Waals surface area contributed by atoms with E-state index in [0.29, 0.717) is 19.3 Å². The van der Waals surface area contributed by atoms with Crippen LogP contribution in [0.25, 0.3) is 0 Å². The average molecular weight is 398 g/mol. The average Bonchev–Trinajstić information content (AvgIpc) is 3.00. The molecule has 1 aromatic rings. The Morgan fingerprint density at radius 2 is 1.93 bits per heavy atom. The van der Waals surface area contributed by atoms with Crippen molar-refractivity contribution in [2.45, 2.75) is 75.9 Å². The van der Waals surface area contributed by atoms with Crippen LogP contribution in [0.5, 0.6) is 0 Å². The fourth-order valence-electron chi connectivity index (χ4n) is 7.71. The molecule has 0 spiro atoms. The summed E-state index contributed by atoms with van der Waals surface area (Å²) < 4.78 is 5.13. The van der Waals surface area contributed by atoms with Crippen molar-refractivity contribution >= 4 is 6.29 Å². The van der Waals surface area contributed by atoms with Crippen molar-refractivity contribution in [3.05, 3.63) is 46.0 Å². The predicted octanol–water partition coefficient (Wildman–Crippen LogP) is 3.34. The summed E-state index contributed by atoms with van der Waals surface area (Å²) in [6, 6.07) is 3.31. The summed E-state index contributed by atoms with van der Waals surface area (Å²) >= 11 is 0. The third-order valence-corrected chi connectivity index (χ3v) is 9.21. The number of carbonyl (C=O) groups excluding carboxylic acids is 1. The zero-order valence-electron chi connectivity index (χ0n) is 17.0. The maximum Gasteiger partial charge on any atom is 0.335 e. The Hall–Kier alpha value is -1.72. The number of allylic oxidation sites excluding steroid dienone is 1. The first kappa shape index (κ1) is 19.3. The van der Waals surface area contributed by atoms with E-state index in [1.165, 1.54) is 6.07 Å². The van der Waals surface area contributed by atoms with E-state index in [1.54, 1.807) is 6.26 Å². The maximum atomic E-state index is 12.4. The van der Waals surface area contributed by atoms with Crippen LogP contribution < -0.4 is 5.63 Å². The highest BCUT2D eigenvalue weighted by Crippen LogP contribution is 2.69. The first-order valence-electron chi connectivity index (χ1n) is 11.0. The summed E-state index contributed by atoms with van der Waals surface area (Å²) in [6.07, 6.45) is 10.4. The molecule has 0 aromatic carbocycles. The van der Waals surface area contributed by atoms with Crippen molar-refractivity contribution in [1.29, 1.82) is 0 Å². The van der Waals surface area contributed by atoms with Crippen LogP contribution in [0, 0.1) is 22.7 Å². The lowest BCUT2D eigenvalue weighted by Gasteiger charge is -2.61. The fraction of sp³-hybridized carbons (Fsp3) is 0.667. The minimum Gasteiger partial charge on any atom is -0.431 e. The summed E-state index contributed by atoms with van der Waals surface area (Å²) in [6.45, 7) is 2.19. The van der Waals surface area contributed by atoms with E-state index < -0.39 is 17.1 Å². The molecule has 29 heavy (non-hydrogen) atoms. The summed E-state index contributed by atoms with van der Waals surface area (Å²) in [5, 5.41) is 22.2. The van der Waals surface area contributed by atoms with Crippen LogP contribution in [-0.2, 0) is 4.79 Å². The number of aliphatic hydroxyl groups is 2. The van der Waals surface area contributed by atoms with Gasteiger partial charge in [-0.3, -0.25) is 0 Å². The van der Waals surface area contributed by atoms with Gasteiger partial charge in [0, 0.05) is 11.5 Å². The lowest BCUT2D eigenvalue weighted by atomic mass is 9.45. The molecule has 3 saturated carbocycles. The molecule has 1 heterocycles. The van der Waals surface area contributed by atoms with Crippen molar-refractivity contribution in [2.75, 3.05) is 0 Å². The monoisotopic (exact) mass is 398 g/mol. The van der Waals surface area contributed by atoms with Crippen molar-refractivity contribution < 1.29 is 19.4 Å². The maximum absolute atomic E-state index is 12.4. The molecule has 0 amide bonds. The molecular weight excluding hydrogens is 368 g/mol. The number of hydrogen-bond acceptors (Lipinski definition) is 5. The van der Waals surface area contributed by atoms with Crippen LogP contribution in [0.15, 0.2) is 39.3 Å². The third kappa shape index (κ3) is 2.46. The van der Waals surface area contributed by atoms with Crippen molar-refractivity contribution in [2.24, 2.45) is 22.7 Å². The molecule has 1 aromatic heterocycles. The second kappa shape index (κ2) is 6.39. The number of carbonyl (C=O) groups is 1. The number of rotatable bonds is 2. The van der Waals surface area contributed by atoms with Gasteiger partial charge in [0.2, 0.25) is 0 Å². The summed E-state index contributed by atoms with van der Waals surface area (Å²) in [4.78, 5) is 23.8. The smallest absolute Gasteiger partial charge is 0.335 e. The minimum atomic E-state index is -0.825. The first-order valence-corrected chi connectivity index (χ1v) is 11.0. The van der Waals surface area contributed by atoms with Gasteiger partial charge < -0.3 is 19.4 Å². The highest BCUT2D eigenvalue weighted by molar-refractivity contribution is 5.67. The molecule has 156 valence electrons. The Morgan fingerprint density at radius 3 is 2.66 bits per heavy atom. The van der Waals surface area contributed by atoms with Crippen LogP contribution in [0.4, 0.5) is 0 Å². The van der Waals surface area contributed by atoms with E-state index in [2.05, 4.69) is 6.92 Å². The lowest BCUT2D eigenvalue weighted by Crippen LogP contribution is -2.61. The third-order valence-electron chi connectivity index (χ3n) is 9.21. The van der Waals surface area contributed by atoms with Gasteiger partial charge >= 0.3 is 5.63 Å². The van der Waals surface area contributed by atoms with Crippen molar-refractivity contribution in [3.63, 3.8) is 0 Å². The topological polar surface area (TPSA) is 87.7 Å². The van der Waals surface area contributed by atoms with E-state index in [9.17, 15) is 19.8 Å². The Labute approximate surface area is 170 Å². The first-order chi connectivity index (χ1) is 13.8. The molecule has 0 bridgehead atoms. The second-order valence-electron chi connectivity index (χ2n) is 10.1. The van der Waals surface area contributed by atoms with Gasteiger partial charge in [-0.2, -0.15) is 0 Å². The summed E-state index contributed by atoms with van der Waals surface area (Å²) in [5.74, 6) is 0.368. The van der Waals surface area contributed by atoms with Crippen LogP contribution in [0.1, 0.15) is 69.8 Å². The molecule has 3 fully saturated rings. The Kier molecular flexibility index (Phi) is 4.24. The zero-order valence-corrected chi connectivity index (χ0v) is 17.0. The fourth-order valence-corrected chi connectivity index (χ4v) is 7.71. The Balaban J connectivity index is 1.53. The Bertz CT molecular complexity index is 898. The summed E-state index contributed by atoms with van der Waals surface area (Å²) in [5.41, 5.74) is 0.0938. The quantitative estimate of drug-likeness (QED) is 0.589. The van der Waals surface area contributed by atoms with Gasteiger partial charge in [0.1, 0.15) is 6.29 Å².